The van der Waals surface area contributed by atoms with E-state index in [1.165, 1.54) is 32.1 Å². The van der Waals surface area contributed by atoms with Crippen molar-refractivity contribution in [2.24, 2.45) is 0 Å². The van der Waals surface area contributed by atoms with E-state index in [1.807, 2.05) is 0 Å². The maximum absolute atomic E-state index is 5.01. The number of nitrogens with zero attached hydrogens (tertiary/aromatic N) is 2. The van der Waals surface area contributed by atoms with E-state index in [0.717, 1.165) is 38.7 Å². The molecule has 2 aliphatic rings. The summed E-state index contributed by atoms with van der Waals surface area (Å²) in [6.45, 7) is 6.88. The Balaban J connectivity index is 0.000000205. The molecular formula is C15H28N4O. The van der Waals surface area contributed by atoms with Crippen molar-refractivity contribution in [2.75, 3.05) is 38.2 Å². The van der Waals surface area contributed by atoms with Crippen LogP contribution >= 0.6 is 0 Å². The van der Waals surface area contributed by atoms with Gasteiger partial charge in [0.2, 0.25) is 0 Å². The minimum absolute atomic E-state index is 0.649. The molecule has 1 aliphatic heterocycles. The molecule has 0 bridgehead atoms. The van der Waals surface area contributed by atoms with Gasteiger partial charge < -0.3 is 15.4 Å². The van der Waals surface area contributed by atoms with Crippen molar-refractivity contribution < 1.29 is 4.74 Å². The molecule has 1 saturated heterocycles. The minimum Gasteiger partial charge on any atom is -0.379 e. The number of morpholine rings is 1. The molecule has 0 unspecified atom stereocenters. The van der Waals surface area contributed by atoms with Gasteiger partial charge in [-0.3, -0.25) is 4.68 Å². The Kier molecular flexibility index (Phi) is 6.88. The average molecular weight is 280 g/mol. The fraction of sp³-hybridized carbons (Fsp3) is 0.800. The lowest BCUT2D eigenvalue weighted by Gasteiger charge is -2.21. The Labute approximate surface area is 122 Å². The van der Waals surface area contributed by atoms with Gasteiger partial charge >= 0.3 is 0 Å². The lowest BCUT2D eigenvalue weighted by molar-refractivity contribution is 0.109. The summed E-state index contributed by atoms with van der Waals surface area (Å²) in [5.74, 6) is 1.01. The van der Waals surface area contributed by atoms with E-state index in [2.05, 4.69) is 39.6 Å². The minimum atomic E-state index is 0.649. The van der Waals surface area contributed by atoms with Gasteiger partial charge in [0.1, 0.15) is 5.82 Å². The molecule has 2 N–H and O–H groups in total. The third kappa shape index (κ3) is 5.13. The zero-order valence-corrected chi connectivity index (χ0v) is 12.6. The first-order chi connectivity index (χ1) is 9.90. The van der Waals surface area contributed by atoms with Gasteiger partial charge in [-0.05, 0) is 19.8 Å². The molecule has 2 heterocycles. The largest absolute Gasteiger partial charge is 0.379 e. The first-order valence-electron chi connectivity index (χ1n) is 7.97. The highest BCUT2D eigenvalue weighted by atomic mass is 16.5. The van der Waals surface area contributed by atoms with Gasteiger partial charge in [-0.2, -0.15) is 5.10 Å². The van der Waals surface area contributed by atoms with Crippen LogP contribution in [-0.2, 0) is 4.74 Å². The summed E-state index contributed by atoms with van der Waals surface area (Å²) in [6.07, 6.45) is 8.83. The molecule has 0 spiro atoms. The van der Waals surface area contributed by atoms with Gasteiger partial charge in [0.25, 0.3) is 0 Å². The molecular weight excluding hydrogens is 252 g/mol. The first-order valence-corrected chi connectivity index (χ1v) is 7.97. The highest BCUT2D eigenvalue weighted by Crippen LogP contribution is 2.27. The van der Waals surface area contributed by atoms with Gasteiger partial charge in [0.15, 0.2) is 0 Å². The molecule has 20 heavy (non-hydrogen) atoms. The zero-order chi connectivity index (χ0) is 14.0. The molecule has 114 valence electrons. The second-order valence-corrected chi connectivity index (χ2v) is 5.37. The maximum atomic E-state index is 5.01. The van der Waals surface area contributed by atoms with E-state index in [1.54, 1.807) is 0 Å². The van der Waals surface area contributed by atoms with Crippen molar-refractivity contribution in [3.8, 4) is 0 Å². The highest BCUT2D eigenvalue weighted by Gasteiger charge is 2.15. The Bertz CT molecular complexity index is 345. The van der Waals surface area contributed by atoms with Crippen molar-refractivity contribution in [3.05, 3.63) is 12.3 Å². The number of aromatic nitrogens is 2. The van der Waals surface area contributed by atoms with Gasteiger partial charge in [-0.1, -0.05) is 19.3 Å². The number of ether oxygens (including phenoxy) is 1. The van der Waals surface area contributed by atoms with Crippen LogP contribution in [0, 0.1) is 0 Å². The van der Waals surface area contributed by atoms with Crippen LogP contribution in [0.1, 0.15) is 45.1 Å². The van der Waals surface area contributed by atoms with E-state index in [0.29, 0.717) is 6.04 Å². The van der Waals surface area contributed by atoms with Gasteiger partial charge in [0, 0.05) is 31.9 Å². The van der Waals surface area contributed by atoms with Gasteiger partial charge in [-0.15, -0.1) is 0 Å². The van der Waals surface area contributed by atoms with Crippen molar-refractivity contribution in [2.45, 2.75) is 45.1 Å². The van der Waals surface area contributed by atoms with Crippen LogP contribution in [0.3, 0.4) is 0 Å². The van der Waals surface area contributed by atoms with Gasteiger partial charge in [0.05, 0.1) is 19.3 Å². The number of nitrogens with one attached hydrogen (secondary N) is 2. The van der Waals surface area contributed by atoms with Crippen LogP contribution in [-0.4, -0.2) is 42.6 Å². The Morgan fingerprint density at radius 3 is 2.60 bits per heavy atom. The average Bonchev–Trinajstić information content (AvgIpc) is 3.00. The molecule has 5 nitrogen and oxygen atoms in total. The number of rotatable bonds is 3. The highest BCUT2D eigenvalue weighted by molar-refractivity contribution is 5.31. The summed E-state index contributed by atoms with van der Waals surface area (Å²) in [5.41, 5.74) is 0. The number of hydrogen-bond acceptors (Lipinski definition) is 4. The van der Waals surface area contributed by atoms with E-state index < -0.39 is 0 Å². The van der Waals surface area contributed by atoms with Crippen molar-refractivity contribution in [3.63, 3.8) is 0 Å². The summed E-state index contributed by atoms with van der Waals surface area (Å²) in [6, 6.07) is 2.72. The Hall–Kier alpha value is -1.07. The van der Waals surface area contributed by atoms with Crippen LogP contribution in [0.5, 0.6) is 0 Å². The third-order valence-corrected chi connectivity index (χ3v) is 3.76. The predicted octanol–water partition coefficient (Wildman–Crippen LogP) is 2.43. The van der Waals surface area contributed by atoms with Crippen LogP contribution in [0.15, 0.2) is 12.3 Å². The number of anilines is 1. The lowest BCUT2D eigenvalue weighted by atomic mass is 9.96. The van der Waals surface area contributed by atoms with Crippen molar-refractivity contribution in [1.29, 1.82) is 0 Å². The standard InChI is InChI=1S/C11H19N3.C4H9NO/c1-2-12-11-8-9-14(13-11)10-6-4-3-5-7-10;1-3-6-4-2-5-1/h8-10H,2-7H2,1H3,(H,12,13);5H,1-4H2. The predicted molar refractivity (Wildman–Crippen MR) is 82.2 cm³/mol. The van der Waals surface area contributed by atoms with E-state index >= 15 is 0 Å². The van der Waals surface area contributed by atoms with Gasteiger partial charge in [-0.25, -0.2) is 0 Å². The fourth-order valence-electron chi connectivity index (χ4n) is 2.68. The van der Waals surface area contributed by atoms with Crippen molar-refractivity contribution in [1.82, 2.24) is 15.1 Å². The molecule has 0 radical (unpaired) electrons. The summed E-state index contributed by atoms with van der Waals surface area (Å²) >= 11 is 0. The normalized spacial score (nSPS) is 20.1. The molecule has 0 aromatic carbocycles. The SMILES string of the molecule is C1COCCN1.CCNc1ccn(C2CCCCC2)n1. The third-order valence-electron chi connectivity index (χ3n) is 3.76. The number of hydrogen-bond donors (Lipinski definition) is 2. The van der Waals surface area contributed by atoms with E-state index in [4.69, 9.17) is 4.74 Å². The zero-order valence-electron chi connectivity index (χ0n) is 12.6. The van der Waals surface area contributed by atoms with Crippen molar-refractivity contribution >= 4 is 5.82 Å². The van der Waals surface area contributed by atoms with E-state index in [9.17, 15) is 0 Å². The quantitative estimate of drug-likeness (QED) is 0.893. The molecule has 1 aromatic rings. The summed E-state index contributed by atoms with van der Waals surface area (Å²) < 4.78 is 7.14. The molecule has 1 aromatic heterocycles. The molecule has 0 atom stereocenters. The summed E-state index contributed by atoms with van der Waals surface area (Å²) in [7, 11) is 0. The lowest BCUT2D eigenvalue weighted by Crippen LogP contribution is -2.30. The summed E-state index contributed by atoms with van der Waals surface area (Å²) in [5, 5.41) is 10.9. The fourth-order valence-corrected chi connectivity index (χ4v) is 2.68. The molecule has 1 aliphatic carbocycles. The molecule has 5 heteroatoms. The van der Waals surface area contributed by atoms with Crippen LogP contribution < -0.4 is 10.6 Å². The Morgan fingerprint density at radius 2 is 2.05 bits per heavy atom. The topological polar surface area (TPSA) is 51.1 Å². The van der Waals surface area contributed by atoms with E-state index in [-0.39, 0.29) is 0 Å². The monoisotopic (exact) mass is 280 g/mol. The van der Waals surface area contributed by atoms with Crippen LogP contribution in [0.2, 0.25) is 0 Å². The molecule has 1 saturated carbocycles. The second-order valence-electron chi connectivity index (χ2n) is 5.37. The summed E-state index contributed by atoms with van der Waals surface area (Å²) in [4.78, 5) is 0. The smallest absolute Gasteiger partial charge is 0.147 e. The maximum Gasteiger partial charge on any atom is 0.147 e. The first kappa shape index (κ1) is 15.3. The second kappa shape index (κ2) is 8.97. The van der Waals surface area contributed by atoms with Crippen LogP contribution in [0.4, 0.5) is 5.82 Å². The molecule has 3 rings (SSSR count). The Morgan fingerprint density at radius 1 is 1.30 bits per heavy atom. The molecule has 2 fully saturated rings. The molecule has 0 amide bonds. The van der Waals surface area contributed by atoms with Crippen LogP contribution in [0.25, 0.3) is 0 Å².